The lowest BCUT2D eigenvalue weighted by atomic mass is 9.77. The predicted molar refractivity (Wildman–Crippen MR) is 74.3 cm³/mol. The molecular formula is C13H18BrNS. The Bertz CT molecular complexity index is 309. The van der Waals surface area contributed by atoms with E-state index in [4.69, 9.17) is 0 Å². The van der Waals surface area contributed by atoms with Crippen LogP contribution in [0.1, 0.15) is 32.1 Å². The van der Waals surface area contributed by atoms with Crippen molar-refractivity contribution >= 4 is 27.7 Å². The molecule has 1 heterocycles. The van der Waals surface area contributed by atoms with E-state index >= 15 is 0 Å². The van der Waals surface area contributed by atoms with Crippen molar-refractivity contribution in [3.63, 3.8) is 0 Å². The molecule has 0 aliphatic heterocycles. The fraction of sp³-hybridized carbons (Fsp3) is 0.615. The highest BCUT2D eigenvalue weighted by molar-refractivity contribution is 9.09. The monoisotopic (exact) mass is 299 g/mol. The third kappa shape index (κ3) is 3.24. The molecule has 0 atom stereocenters. The molecule has 0 bridgehead atoms. The first-order valence-electron chi connectivity index (χ1n) is 5.93. The Morgan fingerprint density at radius 1 is 1.19 bits per heavy atom. The van der Waals surface area contributed by atoms with E-state index in [1.807, 2.05) is 24.2 Å². The molecule has 3 heteroatoms. The van der Waals surface area contributed by atoms with Gasteiger partial charge in [-0.15, -0.1) is 11.8 Å². The first-order valence-corrected chi connectivity index (χ1v) is 8.04. The van der Waals surface area contributed by atoms with E-state index in [0.29, 0.717) is 5.41 Å². The maximum Gasteiger partial charge on any atom is 0.0278 e. The Morgan fingerprint density at radius 3 is 2.50 bits per heavy atom. The van der Waals surface area contributed by atoms with Crippen LogP contribution in [0.2, 0.25) is 0 Å². The zero-order valence-electron chi connectivity index (χ0n) is 9.49. The molecule has 1 aromatic heterocycles. The summed E-state index contributed by atoms with van der Waals surface area (Å²) in [7, 11) is 0. The van der Waals surface area contributed by atoms with Gasteiger partial charge in [-0.3, -0.25) is 4.98 Å². The van der Waals surface area contributed by atoms with Crippen LogP contribution in [0.5, 0.6) is 0 Å². The summed E-state index contributed by atoms with van der Waals surface area (Å²) in [5.41, 5.74) is 0.534. The second kappa shape index (κ2) is 6.06. The summed E-state index contributed by atoms with van der Waals surface area (Å²) in [4.78, 5) is 5.40. The minimum Gasteiger partial charge on any atom is -0.265 e. The highest BCUT2D eigenvalue weighted by Crippen LogP contribution is 2.41. The normalized spacial score (nSPS) is 19.6. The number of alkyl halides is 1. The van der Waals surface area contributed by atoms with E-state index in [-0.39, 0.29) is 0 Å². The van der Waals surface area contributed by atoms with Crippen LogP contribution < -0.4 is 0 Å². The van der Waals surface area contributed by atoms with Gasteiger partial charge in [0, 0.05) is 28.4 Å². The van der Waals surface area contributed by atoms with Crippen molar-refractivity contribution in [2.45, 2.75) is 37.0 Å². The Hall–Kier alpha value is -0.0200. The van der Waals surface area contributed by atoms with Crippen molar-refractivity contribution in [1.82, 2.24) is 4.98 Å². The molecule has 0 unspecified atom stereocenters. The van der Waals surface area contributed by atoms with Crippen molar-refractivity contribution in [1.29, 1.82) is 0 Å². The van der Waals surface area contributed by atoms with Crippen LogP contribution in [0, 0.1) is 5.41 Å². The molecule has 0 saturated heterocycles. The number of nitrogens with zero attached hydrogens (tertiary/aromatic N) is 1. The lowest BCUT2D eigenvalue weighted by molar-refractivity contribution is 0.260. The fourth-order valence-corrected chi connectivity index (χ4v) is 4.49. The molecule has 1 saturated carbocycles. The molecule has 0 amide bonds. The van der Waals surface area contributed by atoms with Gasteiger partial charge in [0.2, 0.25) is 0 Å². The number of hydrogen-bond donors (Lipinski definition) is 0. The number of rotatable bonds is 4. The highest BCUT2D eigenvalue weighted by Gasteiger charge is 2.30. The SMILES string of the molecule is BrCC1(CSc2ccncc2)CCCCC1. The van der Waals surface area contributed by atoms with Crippen molar-refractivity contribution in [3.8, 4) is 0 Å². The van der Waals surface area contributed by atoms with Crippen molar-refractivity contribution in [2.24, 2.45) is 5.41 Å². The van der Waals surface area contributed by atoms with Gasteiger partial charge in [0.25, 0.3) is 0 Å². The zero-order chi connectivity index (χ0) is 11.3. The molecule has 0 spiro atoms. The van der Waals surface area contributed by atoms with Gasteiger partial charge in [0.1, 0.15) is 0 Å². The minimum atomic E-state index is 0.534. The predicted octanol–water partition coefficient (Wildman–Crippen LogP) is 4.52. The minimum absolute atomic E-state index is 0.534. The van der Waals surface area contributed by atoms with Crippen LogP contribution in [0.4, 0.5) is 0 Å². The van der Waals surface area contributed by atoms with E-state index < -0.39 is 0 Å². The summed E-state index contributed by atoms with van der Waals surface area (Å²) in [5.74, 6) is 1.24. The summed E-state index contributed by atoms with van der Waals surface area (Å²) in [6.45, 7) is 0. The molecule has 0 N–H and O–H groups in total. The molecule has 2 rings (SSSR count). The summed E-state index contributed by atoms with van der Waals surface area (Å²) in [6.07, 6.45) is 10.8. The Kier molecular flexibility index (Phi) is 4.71. The average molecular weight is 300 g/mol. The van der Waals surface area contributed by atoms with Gasteiger partial charge in [0.05, 0.1) is 0 Å². The Balaban J connectivity index is 1.92. The van der Waals surface area contributed by atoms with E-state index in [1.165, 1.54) is 42.8 Å². The summed E-state index contributed by atoms with van der Waals surface area (Å²) in [5, 5.41) is 1.15. The molecule has 1 aromatic rings. The molecule has 1 nitrogen and oxygen atoms in total. The third-order valence-corrected chi connectivity index (χ3v) is 5.94. The van der Waals surface area contributed by atoms with Crippen molar-refractivity contribution in [2.75, 3.05) is 11.1 Å². The van der Waals surface area contributed by atoms with E-state index in [0.717, 1.165) is 5.33 Å². The van der Waals surface area contributed by atoms with Gasteiger partial charge in [0.15, 0.2) is 0 Å². The molecule has 16 heavy (non-hydrogen) atoms. The van der Waals surface area contributed by atoms with Crippen LogP contribution in [-0.4, -0.2) is 16.1 Å². The van der Waals surface area contributed by atoms with Gasteiger partial charge in [-0.25, -0.2) is 0 Å². The summed E-state index contributed by atoms with van der Waals surface area (Å²) in [6, 6.07) is 4.21. The standard InChI is InChI=1S/C13H18BrNS/c14-10-13(6-2-1-3-7-13)11-16-12-4-8-15-9-5-12/h4-5,8-9H,1-3,6-7,10-11H2. The number of halogens is 1. The molecule has 0 aromatic carbocycles. The van der Waals surface area contributed by atoms with Gasteiger partial charge >= 0.3 is 0 Å². The molecule has 1 aliphatic rings. The Morgan fingerprint density at radius 2 is 1.88 bits per heavy atom. The largest absolute Gasteiger partial charge is 0.265 e. The van der Waals surface area contributed by atoms with Gasteiger partial charge < -0.3 is 0 Å². The summed E-state index contributed by atoms with van der Waals surface area (Å²) >= 11 is 5.70. The average Bonchev–Trinajstić information content (AvgIpc) is 2.39. The Labute approximate surface area is 111 Å². The van der Waals surface area contributed by atoms with Gasteiger partial charge in [-0.05, 0) is 30.4 Å². The van der Waals surface area contributed by atoms with Crippen LogP contribution >= 0.6 is 27.7 Å². The van der Waals surface area contributed by atoms with Crippen molar-refractivity contribution in [3.05, 3.63) is 24.5 Å². The smallest absolute Gasteiger partial charge is 0.0278 e. The second-order valence-electron chi connectivity index (χ2n) is 4.67. The number of pyridine rings is 1. The van der Waals surface area contributed by atoms with E-state index in [9.17, 15) is 0 Å². The van der Waals surface area contributed by atoms with Crippen LogP contribution in [0.15, 0.2) is 29.4 Å². The molecule has 1 fully saturated rings. The summed E-state index contributed by atoms with van der Waals surface area (Å²) < 4.78 is 0. The lowest BCUT2D eigenvalue weighted by Gasteiger charge is -2.35. The quantitative estimate of drug-likeness (QED) is 0.599. The number of aromatic nitrogens is 1. The number of hydrogen-bond acceptors (Lipinski definition) is 2. The topological polar surface area (TPSA) is 12.9 Å². The van der Waals surface area contributed by atoms with E-state index in [2.05, 4.69) is 33.0 Å². The van der Waals surface area contributed by atoms with Crippen molar-refractivity contribution < 1.29 is 0 Å². The van der Waals surface area contributed by atoms with E-state index in [1.54, 1.807) is 0 Å². The maximum atomic E-state index is 4.06. The molecule has 88 valence electrons. The van der Waals surface area contributed by atoms with Gasteiger partial charge in [-0.2, -0.15) is 0 Å². The molecule has 0 radical (unpaired) electrons. The zero-order valence-corrected chi connectivity index (χ0v) is 11.9. The highest BCUT2D eigenvalue weighted by atomic mass is 79.9. The third-order valence-electron chi connectivity index (χ3n) is 3.39. The molecule has 1 aliphatic carbocycles. The second-order valence-corrected chi connectivity index (χ2v) is 6.28. The van der Waals surface area contributed by atoms with Crippen LogP contribution in [-0.2, 0) is 0 Å². The number of thioether (sulfide) groups is 1. The van der Waals surface area contributed by atoms with Crippen LogP contribution in [0.3, 0.4) is 0 Å². The first kappa shape index (κ1) is 12.4. The van der Waals surface area contributed by atoms with Gasteiger partial charge in [-0.1, -0.05) is 35.2 Å². The molecular weight excluding hydrogens is 282 g/mol. The first-order chi connectivity index (χ1) is 7.85. The lowest BCUT2D eigenvalue weighted by Crippen LogP contribution is -2.28. The fourth-order valence-electron chi connectivity index (χ4n) is 2.29. The maximum absolute atomic E-state index is 4.06. The van der Waals surface area contributed by atoms with Crippen LogP contribution in [0.25, 0.3) is 0 Å².